The van der Waals surface area contributed by atoms with E-state index in [1.54, 1.807) is 0 Å². The van der Waals surface area contributed by atoms with Gasteiger partial charge >= 0.3 is 14.5 Å². The quantitative estimate of drug-likeness (QED) is 0.453. The number of allylic oxidation sites excluding steroid dienone is 1. The van der Waals surface area contributed by atoms with E-state index in [9.17, 15) is 0 Å². The molecule has 0 saturated carbocycles. The third-order valence-corrected chi connectivity index (χ3v) is 5.55. The molecule has 0 spiro atoms. The molecule has 0 heterocycles. The van der Waals surface area contributed by atoms with Crippen LogP contribution in [0.1, 0.15) is 41.0 Å². The second-order valence-electron chi connectivity index (χ2n) is 4.80. The lowest BCUT2D eigenvalue weighted by atomic mass is 10.3. The van der Waals surface area contributed by atoms with Crippen LogP contribution in [0.25, 0.3) is 0 Å². The van der Waals surface area contributed by atoms with Crippen molar-refractivity contribution in [2.24, 2.45) is 11.8 Å². The van der Waals surface area contributed by atoms with Crippen molar-refractivity contribution in [2.45, 2.75) is 51.6 Å². The maximum atomic E-state index is 5.86. The first-order valence-corrected chi connectivity index (χ1v) is 7.97. The summed E-state index contributed by atoms with van der Waals surface area (Å²) in [6.07, 6.45) is 5.12. The van der Waals surface area contributed by atoms with Crippen LogP contribution >= 0.6 is 0 Å². The van der Waals surface area contributed by atoms with Gasteiger partial charge in [0.25, 0.3) is 0 Å². The van der Waals surface area contributed by atoms with E-state index in [2.05, 4.69) is 40.7 Å². The van der Waals surface area contributed by atoms with E-state index in [0.29, 0.717) is 0 Å². The Hall–Kier alpha value is 0.0725. The van der Waals surface area contributed by atoms with Crippen LogP contribution in [0.3, 0.4) is 0 Å². The Morgan fingerprint density at radius 3 is 1.93 bits per heavy atom. The minimum absolute atomic E-state index is 0.778. The van der Waals surface area contributed by atoms with Crippen molar-refractivity contribution in [1.29, 1.82) is 0 Å². The van der Waals surface area contributed by atoms with Crippen molar-refractivity contribution in [3.63, 3.8) is 0 Å². The molecule has 0 saturated heterocycles. The number of rotatable bonds is 7. The van der Waals surface area contributed by atoms with Gasteiger partial charge in [0.15, 0.2) is 0 Å². The first-order valence-electron chi connectivity index (χ1n) is 5.86. The molecule has 0 aliphatic carbocycles. The minimum atomic E-state index is -0.968. The average Bonchev–Trinajstić information content (AvgIpc) is 2.02. The molecule has 1 nitrogen and oxygen atoms in total. The van der Waals surface area contributed by atoms with E-state index < -0.39 is 14.5 Å². The second-order valence-corrected chi connectivity index (χ2v) is 7.26. The Labute approximate surface area is 94.3 Å². The fourth-order valence-electron chi connectivity index (χ4n) is 1.52. The molecule has 0 aliphatic heterocycles. The smallest absolute Gasteiger partial charge is 0.546 e. The van der Waals surface area contributed by atoms with E-state index in [4.69, 9.17) is 3.79 Å². The molecule has 0 unspecified atom stereocenters. The molecule has 0 fully saturated rings. The van der Waals surface area contributed by atoms with Gasteiger partial charge in [-0.1, -0.05) is 63.1 Å². The molecule has 0 bridgehead atoms. The summed E-state index contributed by atoms with van der Waals surface area (Å²) in [7, 11) is 0. The zero-order chi connectivity index (χ0) is 11.0. The lowest BCUT2D eigenvalue weighted by Gasteiger charge is -2.15. The molecule has 0 aliphatic rings. The van der Waals surface area contributed by atoms with E-state index in [-0.39, 0.29) is 0 Å². The number of hydrogen-bond acceptors (Lipinski definition) is 1. The molecule has 0 amide bonds. The summed E-state index contributed by atoms with van der Waals surface area (Å²) in [5.41, 5.74) is 0. The van der Waals surface area contributed by atoms with Crippen LogP contribution in [-0.2, 0) is 3.79 Å². The molecule has 0 radical (unpaired) electrons. The summed E-state index contributed by atoms with van der Waals surface area (Å²) in [4.78, 5) is 0. The molecule has 0 aromatic rings. The van der Waals surface area contributed by atoms with E-state index >= 15 is 0 Å². The molecular formula is C12H25AlO. The Kier molecular flexibility index (Phi) is 8.43. The van der Waals surface area contributed by atoms with Gasteiger partial charge in [-0.05, 0) is 6.42 Å². The summed E-state index contributed by atoms with van der Waals surface area (Å²) in [5.74, 6) is 1.56. The monoisotopic (exact) mass is 212 g/mol. The standard InChI is InChI=1S/C4H8O.2C4H9.Al/c1-2-3-4-5;2*1-4(2)3;/h3-5H,2H2,1H3;2*4H,1H2,2-3H3;/q;;;+1/p-1. The first kappa shape index (κ1) is 14.1. The van der Waals surface area contributed by atoms with Gasteiger partial charge < -0.3 is 3.79 Å². The predicted molar refractivity (Wildman–Crippen MR) is 65.6 cm³/mol. The molecule has 2 heteroatoms. The molecule has 0 atom stereocenters. The summed E-state index contributed by atoms with van der Waals surface area (Å²) < 4.78 is 5.86. The summed E-state index contributed by atoms with van der Waals surface area (Å²) in [6, 6.07) is 0. The SMILES string of the molecule is CCC=C[O][Al]([CH2]C(C)C)[CH2]C(C)C. The Morgan fingerprint density at radius 2 is 1.57 bits per heavy atom. The van der Waals surface area contributed by atoms with Crippen molar-refractivity contribution >= 4 is 14.5 Å². The maximum Gasteiger partial charge on any atom is 0.546 e. The van der Waals surface area contributed by atoms with E-state index in [0.717, 1.165) is 18.3 Å². The van der Waals surface area contributed by atoms with Gasteiger partial charge in [0, 0.05) is 6.26 Å². The summed E-state index contributed by atoms with van der Waals surface area (Å²) in [5, 5.41) is 2.60. The van der Waals surface area contributed by atoms with E-state index in [1.165, 1.54) is 10.6 Å². The summed E-state index contributed by atoms with van der Waals surface area (Å²) >= 11 is -0.968. The van der Waals surface area contributed by atoms with Gasteiger partial charge in [0.05, 0.1) is 0 Å². The fraction of sp³-hybridized carbons (Fsp3) is 0.833. The van der Waals surface area contributed by atoms with Crippen LogP contribution in [0.15, 0.2) is 12.3 Å². The van der Waals surface area contributed by atoms with Crippen molar-refractivity contribution in [3.8, 4) is 0 Å². The lowest BCUT2D eigenvalue weighted by Crippen LogP contribution is -2.19. The van der Waals surface area contributed by atoms with Crippen molar-refractivity contribution in [3.05, 3.63) is 12.3 Å². The topological polar surface area (TPSA) is 9.23 Å². The number of hydrogen-bond donors (Lipinski definition) is 0. The molecular weight excluding hydrogens is 187 g/mol. The molecule has 0 aromatic carbocycles. The second kappa shape index (κ2) is 8.39. The fourth-order valence-corrected chi connectivity index (χ4v) is 4.37. The van der Waals surface area contributed by atoms with Gasteiger partial charge in [0.2, 0.25) is 0 Å². The normalized spacial score (nSPS) is 11.6. The van der Waals surface area contributed by atoms with Gasteiger partial charge in [-0.15, -0.1) is 0 Å². The highest BCUT2D eigenvalue weighted by molar-refractivity contribution is 6.52. The third-order valence-electron chi connectivity index (χ3n) is 2.07. The molecule has 0 N–H and O–H groups in total. The van der Waals surface area contributed by atoms with Crippen LogP contribution in [0.2, 0.25) is 10.6 Å². The highest BCUT2D eigenvalue weighted by Crippen LogP contribution is 2.15. The molecule has 0 aromatic heterocycles. The van der Waals surface area contributed by atoms with Crippen molar-refractivity contribution in [1.82, 2.24) is 0 Å². The van der Waals surface area contributed by atoms with Crippen LogP contribution in [0, 0.1) is 11.8 Å². The molecule has 14 heavy (non-hydrogen) atoms. The van der Waals surface area contributed by atoms with Crippen molar-refractivity contribution < 1.29 is 3.79 Å². The summed E-state index contributed by atoms with van der Waals surface area (Å²) in [6.45, 7) is 11.3. The zero-order valence-corrected chi connectivity index (χ0v) is 11.6. The molecule has 82 valence electrons. The van der Waals surface area contributed by atoms with Crippen LogP contribution in [-0.4, -0.2) is 14.5 Å². The highest BCUT2D eigenvalue weighted by atomic mass is 27.2. The van der Waals surface area contributed by atoms with Gasteiger partial charge in [-0.25, -0.2) is 0 Å². The lowest BCUT2D eigenvalue weighted by molar-refractivity contribution is 0.461. The van der Waals surface area contributed by atoms with Gasteiger partial charge in [-0.2, -0.15) is 0 Å². The Morgan fingerprint density at radius 1 is 1.07 bits per heavy atom. The Balaban J connectivity index is 3.90. The van der Waals surface area contributed by atoms with Gasteiger partial charge in [0.1, 0.15) is 0 Å². The maximum absolute atomic E-state index is 5.86. The van der Waals surface area contributed by atoms with Crippen LogP contribution in [0.4, 0.5) is 0 Å². The molecule has 0 rings (SSSR count). The van der Waals surface area contributed by atoms with E-state index in [1.807, 2.05) is 6.26 Å². The van der Waals surface area contributed by atoms with Crippen LogP contribution < -0.4 is 0 Å². The Bertz CT molecular complexity index is 142. The highest BCUT2D eigenvalue weighted by Gasteiger charge is 2.24. The third kappa shape index (κ3) is 8.66. The predicted octanol–water partition coefficient (Wildman–Crippen LogP) is 4.23. The first-order chi connectivity index (χ1) is 6.56. The minimum Gasteiger partial charge on any atom is -0.648 e. The zero-order valence-electron chi connectivity index (χ0n) is 10.4. The van der Waals surface area contributed by atoms with Crippen molar-refractivity contribution in [2.75, 3.05) is 0 Å². The average molecular weight is 212 g/mol. The largest absolute Gasteiger partial charge is 0.648 e. The van der Waals surface area contributed by atoms with Crippen LogP contribution in [0.5, 0.6) is 0 Å². The van der Waals surface area contributed by atoms with Gasteiger partial charge in [-0.3, -0.25) is 0 Å².